The monoisotopic (exact) mass is 357 g/mol. The maximum Gasteiger partial charge on any atom is 0.227 e. The molecule has 1 aliphatic heterocycles. The summed E-state index contributed by atoms with van der Waals surface area (Å²) in [5.41, 5.74) is 1.45. The summed E-state index contributed by atoms with van der Waals surface area (Å²) in [6.07, 6.45) is 3.15. The Morgan fingerprint density at radius 3 is 2.62 bits per heavy atom. The lowest BCUT2D eigenvalue weighted by molar-refractivity contribution is -0.122. The number of pyridine rings is 1. The number of nitrogens with one attached hydrogen (secondary N) is 2. The van der Waals surface area contributed by atoms with Gasteiger partial charge < -0.3 is 24.8 Å². The van der Waals surface area contributed by atoms with Crippen LogP contribution in [0.1, 0.15) is 12.8 Å². The first kappa shape index (κ1) is 18.0. The average Bonchev–Trinajstić information content (AvgIpc) is 2.70. The summed E-state index contributed by atoms with van der Waals surface area (Å²) in [6, 6.07) is 9.13. The number of anilines is 3. The molecular formula is C19H23N3O4. The molecule has 0 spiro atoms. The molecule has 2 N–H and O–H groups in total. The van der Waals surface area contributed by atoms with Crippen LogP contribution in [0.25, 0.3) is 0 Å². The van der Waals surface area contributed by atoms with Crippen molar-refractivity contribution in [3.05, 3.63) is 36.5 Å². The average molecular weight is 357 g/mol. The molecule has 26 heavy (non-hydrogen) atoms. The lowest BCUT2D eigenvalue weighted by atomic mass is 9.99. The van der Waals surface area contributed by atoms with Gasteiger partial charge in [0.05, 0.1) is 31.8 Å². The second kappa shape index (κ2) is 8.53. The second-order valence-electron chi connectivity index (χ2n) is 6.00. The second-order valence-corrected chi connectivity index (χ2v) is 6.00. The van der Waals surface area contributed by atoms with Crippen molar-refractivity contribution in [1.82, 2.24) is 4.98 Å². The molecule has 1 aromatic heterocycles. The van der Waals surface area contributed by atoms with Gasteiger partial charge in [0.15, 0.2) is 0 Å². The minimum Gasteiger partial charge on any atom is -0.497 e. The predicted molar refractivity (Wildman–Crippen MR) is 99.2 cm³/mol. The summed E-state index contributed by atoms with van der Waals surface area (Å²) in [6.45, 7) is 1.28. The number of carbonyl (C=O) groups is 1. The Morgan fingerprint density at radius 2 is 1.96 bits per heavy atom. The van der Waals surface area contributed by atoms with Gasteiger partial charge in [-0.05, 0) is 37.1 Å². The van der Waals surface area contributed by atoms with Crippen LogP contribution >= 0.6 is 0 Å². The minimum atomic E-state index is 0.00473. The summed E-state index contributed by atoms with van der Waals surface area (Å²) in [4.78, 5) is 16.6. The Kier molecular flexibility index (Phi) is 5.91. The van der Waals surface area contributed by atoms with Crippen molar-refractivity contribution in [1.29, 1.82) is 0 Å². The van der Waals surface area contributed by atoms with E-state index in [1.807, 2.05) is 24.3 Å². The third kappa shape index (κ3) is 4.43. The fourth-order valence-electron chi connectivity index (χ4n) is 2.79. The number of ether oxygens (including phenoxy) is 3. The van der Waals surface area contributed by atoms with Crippen molar-refractivity contribution in [2.45, 2.75) is 12.8 Å². The van der Waals surface area contributed by atoms with E-state index in [0.29, 0.717) is 36.2 Å². The maximum atomic E-state index is 12.2. The van der Waals surface area contributed by atoms with Gasteiger partial charge in [-0.25, -0.2) is 4.98 Å². The number of benzene rings is 1. The molecule has 1 amide bonds. The molecule has 1 fully saturated rings. The van der Waals surface area contributed by atoms with E-state index in [-0.39, 0.29) is 11.8 Å². The zero-order chi connectivity index (χ0) is 18.4. The Morgan fingerprint density at radius 1 is 1.15 bits per heavy atom. The van der Waals surface area contributed by atoms with Crippen LogP contribution in [0.15, 0.2) is 36.5 Å². The largest absolute Gasteiger partial charge is 0.497 e. The quantitative estimate of drug-likeness (QED) is 0.826. The van der Waals surface area contributed by atoms with Gasteiger partial charge in [0.1, 0.15) is 17.3 Å². The number of carbonyl (C=O) groups excluding carboxylic acids is 1. The van der Waals surface area contributed by atoms with E-state index >= 15 is 0 Å². The molecule has 0 aliphatic carbocycles. The number of rotatable bonds is 6. The van der Waals surface area contributed by atoms with Crippen molar-refractivity contribution >= 4 is 23.1 Å². The van der Waals surface area contributed by atoms with Gasteiger partial charge in [-0.3, -0.25) is 4.79 Å². The summed E-state index contributed by atoms with van der Waals surface area (Å²) in [5.74, 6) is 2.05. The van der Waals surface area contributed by atoms with Crippen LogP contribution in [0, 0.1) is 5.92 Å². The molecule has 1 saturated heterocycles. The standard InChI is InChI=1S/C19H23N3O4/c1-24-15-4-5-16(17(11-15)25-2)22-18-6-3-14(12-20-18)21-19(23)13-7-9-26-10-8-13/h3-6,11-13H,7-10H2,1-2H3,(H,20,22)(H,21,23). The molecule has 0 bridgehead atoms. The number of nitrogens with zero attached hydrogens (tertiary/aromatic N) is 1. The molecule has 7 heteroatoms. The number of methoxy groups -OCH3 is 2. The van der Waals surface area contributed by atoms with E-state index in [4.69, 9.17) is 14.2 Å². The van der Waals surface area contributed by atoms with Crippen LogP contribution in [0.4, 0.5) is 17.2 Å². The number of amides is 1. The van der Waals surface area contributed by atoms with E-state index in [1.165, 1.54) is 0 Å². The van der Waals surface area contributed by atoms with Crippen LogP contribution in [0.5, 0.6) is 11.5 Å². The third-order valence-electron chi connectivity index (χ3n) is 4.29. The van der Waals surface area contributed by atoms with Crippen LogP contribution in [-0.4, -0.2) is 38.3 Å². The summed E-state index contributed by atoms with van der Waals surface area (Å²) in [5, 5.41) is 6.11. The van der Waals surface area contributed by atoms with Gasteiger partial charge in [0.25, 0.3) is 0 Å². The summed E-state index contributed by atoms with van der Waals surface area (Å²) < 4.78 is 15.8. The van der Waals surface area contributed by atoms with Crippen molar-refractivity contribution < 1.29 is 19.0 Å². The van der Waals surface area contributed by atoms with Crippen LogP contribution < -0.4 is 20.1 Å². The highest BCUT2D eigenvalue weighted by atomic mass is 16.5. The van der Waals surface area contributed by atoms with Gasteiger partial charge in [0.2, 0.25) is 5.91 Å². The smallest absolute Gasteiger partial charge is 0.227 e. The van der Waals surface area contributed by atoms with Crippen molar-refractivity contribution in [3.63, 3.8) is 0 Å². The summed E-state index contributed by atoms with van der Waals surface area (Å²) >= 11 is 0. The van der Waals surface area contributed by atoms with Gasteiger partial charge in [-0.2, -0.15) is 0 Å². The van der Waals surface area contributed by atoms with E-state index < -0.39 is 0 Å². The highest BCUT2D eigenvalue weighted by molar-refractivity contribution is 5.92. The first-order valence-electron chi connectivity index (χ1n) is 8.53. The normalized spacial score (nSPS) is 14.5. The molecule has 1 aromatic carbocycles. The molecule has 3 rings (SSSR count). The zero-order valence-electron chi connectivity index (χ0n) is 15.0. The zero-order valence-corrected chi connectivity index (χ0v) is 15.0. The van der Waals surface area contributed by atoms with E-state index in [0.717, 1.165) is 18.5 Å². The molecule has 1 aliphatic rings. The molecular weight excluding hydrogens is 334 g/mol. The number of aromatic nitrogens is 1. The molecule has 138 valence electrons. The molecule has 7 nitrogen and oxygen atoms in total. The molecule has 0 saturated carbocycles. The molecule has 0 radical (unpaired) electrons. The molecule has 0 atom stereocenters. The third-order valence-corrected chi connectivity index (χ3v) is 4.29. The van der Waals surface area contributed by atoms with Gasteiger partial charge in [-0.15, -0.1) is 0 Å². The number of hydrogen-bond donors (Lipinski definition) is 2. The maximum absolute atomic E-state index is 12.2. The van der Waals surface area contributed by atoms with Crippen molar-refractivity contribution in [2.75, 3.05) is 38.1 Å². The van der Waals surface area contributed by atoms with Crippen LogP contribution in [0.2, 0.25) is 0 Å². The van der Waals surface area contributed by atoms with Crippen LogP contribution in [0.3, 0.4) is 0 Å². The Hall–Kier alpha value is -2.80. The highest BCUT2D eigenvalue weighted by Gasteiger charge is 2.21. The number of hydrogen-bond acceptors (Lipinski definition) is 6. The summed E-state index contributed by atoms with van der Waals surface area (Å²) in [7, 11) is 3.21. The van der Waals surface area contributed by atoms with Crippen LogP contribution in [-0.2, 0) is 9.53 Å². The lowest BCUT2D eigenvalue weighted by Gasteiger charge is -2.21. The topological polar surface area (TPSA) is 81.7 Å². The van der Waals surface area contributed by atoms with Gasteiger partial charge in [-0.1, -0.05) is 0 Å². The predicted octanol–water partition coefficient (Wildman–Crippen LogP) is 3.21. The fourth-order valence-corrected chi connectivity index (χ4v) is 2.79. The first-order valence-corrected chi connectivity index (χ1v) is 8.53. The van der Waals surface area contributed by atoms with E-state index in [9.17, 15) is 4.79 Å². The molecule has 2 heterocycles. The van der Waals surface area contributed by atoms with E-state index in [1.54, 1.807) is 26.5 Å². The Balaban J connectivity index is 1.63. The van der Waals surface area contributed by atoms with Crippen molar-refractivity contribution in [2.24, 2.45) is 5.92 Å². The Labute approximate surface area is 152 Å². The van der Waals surface area contributed by atoms with Gasteiger partial charge in [0, 0.05) is 25.2 Å². The van der Waals surface area contributed by atoms with Gasteiger partial charge >= 0.3 is 0 Å². The molecule has 0 unspecified atom stereocenters. The molecule has 2 aromatic rings. The Bertz CT molecular complexity index is 743. The van der Waals surface area contributed by atoms with Crippen molar-refractivity contribution in [3.8, 4) is 11.5 Å². The highest BCUT2D eigenvalue weighted by Crippen LogP contribution is 2.31. The SMILES string of the molecule is COc1ccc(Nc2ccc(NC(=O)C3CCOCC3)cn2)c(OC)c1. The lowest BCUT2D eigenvalue weighted by Crippen LogP contribution is -2.28. The van der Waals surface area contributed by atoms with E-state index in [2.05, 4.69) is 15.6 Å². The first-order chi connectivity index (χ1) is 12.7. The fraction of sp³-hybridized carbons (Fsp3) is 0.368. The minimum absolute atomic E-state index is 0.00473.